The van der Waals surface area contributed by atoms with Crippen LogP contribution in [0.1, 0.15) is 26.7 Å². The lowest BCUT2D eigenvalue weighted by Gasteiger charge is -2.14. The van der Waals surface area contributed by atoms with Gasteiger partial charge in [-0.15, -0.1) is 11.8 Å². The molecule has 2 aromatic rings. The largest absolute Gasteiger partial charge is 0.465 e. The Morgan fingerprint density at radius 2 is 1.88 bits per heavy atom. The molecule has 1 N–H and O–H groups in total. The van der Waals surface area contributed by atoms with E-state index in [1.807, 2.05) is 0 Å². The highest BCUT2D eigenvalue weighted by Gasteiger charge is 2.28. The van der Waals surface area contributed by atoms with Crippen molar-refractivity contribution >= 4 is 34.9 Å². The van der Waals surface area contributed by atoms with Gasteiger partial charge in [0.25, 0.3) is 0 Å². The molecule has 0 aliphatic heterocycles. The average molecular weight is 352 g/mol. The Hall–Kier alpha value is -2.16. The third kappa shape index (κ3) is 4.67. The van der Waals surface area contributed by atoms with Gasteiger partial charge in [-0.1, -0.05) is 0 Å². The summed E-state index contributed by atoms with van der Waals surface area (Å²) in [4.78, 5) is 39.2. The number of H-pyrrole nitrogens is 1. The Kier molecular flexibility index (Phi) is 6.98. The molecule has 0 spiro atoms. The predicted octanol–water partition coefficient (Wildman–Crippen LogP) is 1.97. The summed E-state index contributed by atoms with van der Waals surface area (Å²) in [5.41, 5.74) is 1.40. The number of carbonyl (C=O) groups excluding carboxylic acids is 2. The predicted molar refractivity (Wildman–Crippen MR) is 88.4 cm³/mol. The number of thioether (sulfide) groups is 1. The number of carbonyl (C=O) groups is 2. The van der Waals surface area contributed by atoms with Crippen LogP contribution in [0.15, 0.2) is 17.7 Å². The summed E-state index contributed by atoms with van der Waals surface area (Å²) in [6.45, 7) is 3.89. The Morgan fingerprint density at radius 3 is 2.54 bits per heavy atom. The minimum absolute atomic E-state index is 0.238. The van der Waals surface area contributed by atoms with Crippen LogP contribution in [0.4, 0.5) is 0 Å². The van der Waals surface area contributed by atoms with Crippen LogP contribution in [-0.4, -0.2) is 50.8 Å². The number of aromatic nitrogens is 4. The minimum atomic E-state index is -0.872. The first-order chi connectivity index (χ1) is 11.7. The summed E-state index contributed by atoms with van der Waals surface area (Å²) in [6.07, 6.45) is 4.06. The van der Waals surface area contributed by atoms with Gasteiger partial charge in [-0.05, 0) is 32.4 Å². The van der Waals surface area contributed by atoms with E-state index < -0.39 is 17.9 Å². The van der Waals surface area contributed by atoms with Crippen LogP contribution >= 0.6 is 11.8 Å². The first kappa shape index (κ1) is 18.2. The quantitative estimate of drug-likeness (QED) is 0.240. The molecule has 0 aliphatic carbocycles. The summed E-state index contributed by atoms with van der Waals surface area (Å²) in [6, 6.07) is 0. The fourth-order valence-electron chi connectivity index (χ4n) is 2.13. The van der Waals surface area contributed by atoms with Crippen molar-refractivity contribution in [2.75, 3.05) is 19.0 Å². The van der Waals surface area contributed by atoms with Crippen LogP contribution in [0.5, 0.6) is 0 Å². The molecule has 130 valence electrons. The van der Waals surface area contributed by atoms with E-state index in [0.29, 0.717) is 24.2 Å². The number of aromatic amines is 1. The summed E-state index contributed by atoms with van der Waals surface area (Å²) in [7, 11) is 0. The highest BCUT2D eigenvalue weighted by atomic mass is 32.2. The van der Waals surface area contributed by atoms with Crippen molar-refractivity contribution in [2.24, 2.45) is 5.92 Å². The molecule has 0 atom stereocenters. The molecule has 0 aliphatic rings. The number of hydrogen-bond donors (Lipinski definition) is 1. The topological polar surface area (TPSA) is 107 Å². The number of ether oxygens (including phenoxy) is 2. The van der Waals surface area contributed by atoms with E-state index in [1.54, 1.807) is 20.2 Å². The second kappa shape index (κ2) is 9.21. The maximum atomic E-state index is 11.9. The van der Waals surface area contributed by atoms with E-state index >= 15 is 0 Å². The van der Waals surface area contributed by atoms with Crippen molar-refractivity contribution in [1.29, 1.82) is 0 Å². The molecule has 0 saturated heterocycles. The molecular weight excluding hydrogens is 332 g/mol. The molecule has 24 heavy (non-hydrogen) atoms. The first-order valence-corrected chi connectivity index (χ1v) is 8.76. The zero-order chi connectivity index (χ0) is 17.4. The third-order valence-corrected chi connectivity index (χ3v) is 4.28. The zero-order valence-electron chi connectivity index (χ0n) is 13.7. The van der Waals surface area contributed by atoms with E-state index in [0.717, 1.165) is 10.5 Å². The van der Waals surface area contributed by atoms with Gasteiger partial charge in [0, 0.05) is 0 Å². The van der Waals surface area contributed by atoms with Gasteiger partial charge in [0.05, 0.1) is 19.5 Å². The van der Waals surface area contributed by atoms with E-state index in [1.165, 1.54) is 18.1 Å². The van der Waals surface area contributed by atoms with Crippen LogP contribution in [-0.2, 0) is 19.1 Å². The minimum Gasteiger partial charge on any atom is -0.465 e. The number of esters is 2. The second-order valence-electron chi connectivity index (χ2n) is 4.83. The van der Waals surface area contributed by atoms with Crippen molar-refractivity contribution in [3.05, 3.63) is 12.7 Å². The molecule has 0 aromatic carbocycles. The third-order valence-electron chi connectivity index (χ3n) is 3.21. The standard InChI is InChI=1S/C15H20N4O4S/c1-3-22-14(20)10(15(21)23-4-2)6-5-7-24-13-11-12(17-8-16-11)18-9-19-13/h8-10H,3-7H2,1-2H3,(H,16,17,18,19). The lowest BCUT2D eigenvalue weighted by Crippen LogP contribution is -2.28. The molecule has 9 heteroatoms. The highest BCUT2D eigenvalue weighted by molar-refractivity contribution is 7.99. The lowest BCUT2D eigenvalue weighted by atomic mass is 10.0. The summed E-state index contributed by atoms with van der Waals surface area (Å²) in [5, 5.41) is 0.793. The molecule has 0 amide bonds. The number of imidazole rings is 1. The first-order valence-electron chi connectivity index (χ1n) is 7.77. The Morgan fingerprint density at radius 1 is 1.17 bits per heavy atom. The molecule has 0 radical (unpaired) electrons. The van der Waals surface area contributed by atoms with E-state index in [9.17, 15) is 9.59 Å². The molecule has 2 aromatic heterocycles. The molecular formula is C15H20N4O4S. The van der Waals surface area contributed by atoms with Crippen molar-refractivity contribution in [3.8, 4) is 0 Å². The van der Waals surface area contributed by atoms with Gasteiger partial charge in [-0.3, -0.25) is 9.59 Å². The van der Waals surface area contributed by atoms with Crippen molar-refractivity contribution in [2.45, 2.75) is 31.7 Å². The number of rotatable bonds is 9. The fourth-order valence-corrected chi connectivity index (χ4v) is 3.05. The van der Waals surface area contributed by atoms with Crippen LogP contribution in [0, 0.1) is 5.92 Å². The summed E-state index contributed by atoms with van der Waals surface area (Å²) >= 11 is 1.52. The maximum Gasteiger partial charge on any atom is 0.320 e. The summed E-state index contributed by atoms with van der Waals surface area (Å²) < 4.78 is 9.91. The summed E-state index contributed by atoms with van der Waals surface area (Å²) in [5.74, 6) is -1.23. The van der Waals surface area contributed by atoms with Crippen molar-refractivity contribution < 1.29 is 19.1 Å². The van der Waals surface area contributed by atoms with Gasteiger partial charge in [0.2, 0.25) is 0 Å². The van der Waals surface area contributed by atoms with Gasteiger partial charge in [-0.25, -0.2) is 15.0 Å². The lowest BCUT2D eigenvalue weighted by molar-refractivity contribution is -0.161. The SMILES string of the molecule is CCOC(=O)C(CCCSc1ncnc2nc[nH]c12)C(=O)OCC. The number of nitrogens with zero attached hydrogens (tertiary/aromatic N) is 3. The van der Waals surface area contributed by atoms with Gasteiger partial charge < -0.3 is 14.5 Å². The number of hydrogen-bond acceptors (Lipinski definition) is 8. The van der Waals surface area contributed by atoms with Gasteiger partial charge in [-0.2, -0.15) is 0 Å². The Labute approximate surface area is 143 Å². The maximum absolute atomic E-state index is 11.9. The molecule has 8 nitrogen and oxygen atoms in total. The normalized spacial score (nSPS) is 11.0. The number of nitrogens with one attached hydrogen (secondary N) is 1. The molecule has 0 bridgehead atoms. The van der Waals surface area contributed by atoms with Crippen LogP contribution < -0.4 is 0 Å². The fraction of sp³-hybridized carbons (Fsp3) is 0.533. The molecule has 2 rings (SSSR count). The zero-order valence-corrected chi connectivity index (χ0v) is 14.5. The average Bonchev–Trinajstić information content (AvgIpc) is 3.04. The van der Waals surface area contributed by atoms with Crippen LogP contribution in [0.3, 0.4) is 0 Å². The van der Waals surface area contributed by atoms with E-state index in [4.69, 9.17) is 9.47 Å². The smallest absolute Gasteiger partial charge is 0.320 e. The van der Waals surface area contributed by atoms with Gasteiger partial charge in [0.15, 0.2) is 11.6 Å². The highest BCUT2D eigenvalue weighted by Crippen LogP contribution is 2.24. The van der Waals surface area contributed by atoms with Gasteiger partial charge >= 0.3 is 11.9 Å². The molecule has 2 heterocycles. The monoisotopic (exact) mass is 352 g/mol. The van der Waals surface area contributed by atoms with E-state index in [-0.39, 0.29) is 13.2 Å². The van der Waals surface area contributed by atoms with E-state index in [2.05, 4.69) is 19.9 Å². The van der Waals surface area contributed by atoms with Crippen LogP contribution in [0.25, 0.3) is 11.2 Å². The second-order valence-corrected chi connectivity index (χ2v) is 5.91. The van der Waals surface area contributed by atoms with Crippen molar-refractivity contribution in [1.82, 2.24) is 19.9 Å². The Bertz CT molecular complexity index is 673. The molecule has 0 fully saturated rings. The van der Waals surface area contributed by atoms with Crippen LogP contribution in [0.2, 0.25) is 0 Å². The van der Waals surface area contributed by atoms with Crippen molar-refractivity contribution in [3.63, 3.8) is 0 Å². The van der Waals surface area contributed by atoms with Gasteiger partial charge in [0.1, 0.15) is 16.9 Å². The number of fused-ring (bicyclic) bond motifs is 1. The molecule has 0 unspecified atom stereocenters. The molecule has 0 saturated carbocycles. The Balaban J connectivity index is 1.89.